The van der Waals surface area contributed by atoms with E-state index in [4.69, 9.17) is 0 Å². The number of rotatable bonds is 7. The van der Waals surface area contributed by atoms with E-state index in [0.29, 0.717) is 24.9 Å². The molecule has 0 unspecified atom stereocenters. The lowest BCUT2D eigenvalue weighted by atomic mass is 10.2. The lowest BCUT2D eigenvalue weighted by Gasteiger charge is -2.07. The van der Waals surface area contributed by atoms with Crippen LogP contribution in [0.15, 0.2) is 6.07 Å². The van der Waals surface area contributed by atoms with Gasteiger partial charge in [-0.3, -0.25) is 4.68 Å². The van der Waals surface area contributed by atoms with Crippen LogP contribution in [-0.4, -0.2) is 30.5 Å². The van der Waals surface area contributed by atoms with Crippen molar-refractivity contribution in [2.75, 3.05) is 12.3 Å². The van der Waals surface area contributed by atoms with Gasteiger partial charge in [-0.25, -0.2) is 13.1 Å². The highest BCUT2D eigenvalue weighted by Crippen LogP contribution is 2.44. The fraction of sp³-hybridized carbons (Fsp3) is 0.769. The number of hydrogen-bond acceptors (Lipinski definition) is 3. The second kappa shape index (κ2) is 4.90. The highest BCUT2D eigenvalue weighted by atomic mass is 32.2. The molecule has 1 aromatic heterocycles. The Morgan fingerprint density at radius 2 is 2.00 bits per heavy atom. The van der Waals surface area contributed by atoms with Gasteiger partial charge in [-0.1, -0.05) is 0 Å². The highest BCUT2D eigenvalue weighted by molar-refractivity contribution is 7.89. The normalized spacial score (nSPS) is 19.8. The van der Waals surface area contributed by atoms with Gasteiger partial charge in [0.05, 0.1) is 18.0 Å². The summed E-state index contributed by atoms with van der Waals surface area (Å²) in [5.74, 6) is 1.45. The average molecular weight is 283 g/mol. The third kappa shape index (κ3) is 3.17. The Hall–Kier alpha value is -0.880. The molecule has 0 radical (unpaired) electrons. The molecule has 0 aromatic carbocycles. The zero-order valence-electron chi connectivity index (χ0n) is 11.3. The first kappa shape index (κ1) is 13.1. The molecule has 106 valence electrons. The summed E-state index contributed by atoms with van der Waals surface area (Å²) in [4.78, 5) is 0. The Morgan fingerprint density at radius 1 is 1.32 bits per heavy atom. The Morgan fingerprint density at radius 3 is 2.58 bits per heavy atom. The predicted molar refractivity (Wildman–Crippen MR) is 73.6 cm³/mol. The molecule has 2 saturated carbocycles. The summed E-state index contributed by atoms with van der Waals surface area (Å²) in [7, 11) is -3.10. The van der Waals surface area contributed by atoms with Crippen LogP contribution in [0.4, 0.5) is 0 Å². The maximum Gasteiger partial charge on any atom is 0.211 e. The van der Waals surface area contributed by atoms with Crippen molar-refractivity contribution in [1.29, 1.82) is 0 Å². The van der Waals surface area contributed by atoms with Crippen molar-refractivity contribution in [2.24, 2.45) is 0 Å². The monoisotopic (exact) mass is 283 g/mol. The van der Waals surface area contributed by atoms with E-state index in [1.165, 1.54) is 37.1 Å². The quantitative estimate of drug-likeness (QED) is 0.826. The minimum absolute atomic E-state index is 0.134. The van der Waals surface area contributed by atoms with Crippen molar-refractivity contribution in [3.63, 3.8) is 0 Å². The summed E-state index contributed by atoms with van der Waals surface area (Å²) < 4.78 is 27.4. The van der Waals surface area contributed by atoms with E-state index in [-0.39, 0.29) is 5.75 Å². The van der Waals surface area contributed by atoms with Crippen LogP contribution < -0.4 is 4.72 Å². The summed E-state index contributed by atoms with van der Waals surface area (Å²) in [5.41, 5.74) is 2.51. The average Bonchev–Trinajstić information content (AvgIpc) is 3.28. The topological polar surface area (TPSA) is 64.0 Å². The van der Waals surface area contributed by atoms with Gasteiger partial charge in [0.2, 0.25) is 10.0 Å². The molecular weight excluding hydrogens is 262 g/mol. The maximum absolute atomic E-state index is 11.4. The van der Waals surface area contributed by atoms with Crippen LogP contribution in [0.2, 0.25) is 0 Å². The third-order valence-electron chi connectivity index (χ3n) is 3.85. The van der Waals surface area contributed by atoms with Crippen LogP contribution >= 0.6 is 0 Å². The number of aromatic nitrogens is 2. The van der Waals surface area contributed by atoms with Gasteiger partial charge >= 0.3 is 0 Å². The van der Waals surface area contributed by atoms with Gasteiger partial charge in [0, 0.05) is 24.1 Å². The molecule has 5 nitrogen and oxygen atoms in total. The Balaban J connectivity index is 1.66. The van der Waals surface area contributed by atoms with Gasteiger partial charge in [0.1, 0.15) is 0 Å². The molecule has 1 aromatic rings. The molecule has 0 bridgehead atoms. The zero-order valence-corrected chi connectivity index (χ0v) is 12.1. The van der Waals surface area contributed by atoms with Crippen LogP contribution in [-0.2, 0) is 16.6 Å². The van der Waals surface area contributed by atoms with Gasteiger partial charge < -0.3 is 0 Å². The van der Waals surface area contributed by atoms with E-state index in [9.17, 15) is 8.42 Å². The van der Waals surface area contributed by atoms with Crippen molar-refractivity contribution in [1.82, 2.24) is 14.5 Å². The fourth-order valence-electron chi connectivity index (χ4n) is 2.33. The first-order valence-corrected chi connectivity index (χ1v) is 8.79. The minimum Gasteiger partial charge on any atom is -0.268 e. The van der Waals surface area contributed by atoms with E-state index < -0.39 is 10.0 Å². The summed E-state index contributed by atoms with van der Waals surface area (Å²) >= 11 is 0. The largest absolute Gasteiger partial charge is 0.268 e. The molecule has 0 amide bonds. The molecule has 3 rings (SSSR count). The van der Waals surface area contributed by atoms with Crippen LogP contribution in [0.5, 0.6) is 0 Å². The lowest BCUT2D eigenvalue weighted by molar-refractivity contribution is 0.549. The second-order valence-corrected chi connectivity index (χ2v) is 7.66. The third-order valence-corrected chi connectivity index (χ3v) is 5.25. The number of nitrogens with one attached hydrogen (secondary N) is 1. The standard InChI is InChI=1S/C13H21N3O2S/c1-2-19(17,18)14-7-8-16-13(11-5-6-11)9-12(15-16)10-3-4-10/h9-11,14H,2-8H2,1H3. The van der Waals surface area contributed by atoms with E-state index in [0.717, 1.165) is 0 Å². The fourth-order valence-corrected chi connectivity index (χ4v) is 2.93. The molecule has 0 saturated heterocycles. The summed E-state index contributed by atoms with van der Waals surface area (Å²) in [6, 6.07) is 2.24. The molecule has 0 atom stereocenters. The summed E-state index contributed by atoms with van der Waals surface area (Å²) in [5, 5.41) is 4.66. The van der Waals surface area contributed by atoms with Crippen molar-refractivity contribution in [2.45, 2.75) is 51.0 Å². The van der Waals surface area contributed by atoms with Gasteiger partial charge in [0.15, 0.2) is 0 Å². The van der Waals surface area contributed by atoms with Crippen molar-refractivity contribution >= 4 is 10.0 Å². The van der Waals surface area contributed by atoms with Crippen molar-refractivity contribution in [3.8, 4) is 0 Å². The van der Waals surface area contributed by atoms with Crippen LogP contribution in [0.3, 0.4) is 0 Å². The molecule has 6 heteroatoms. The van der Waals surface area contributed by atoms with Gasteiger partial charge in [0.25, 0.3) is 0 Å². The molecule has 0 spiro atoms. The number of sulfonamides is 1. The molecule has 2 aliphatic rings. The summed E-state index contributed by atoms with van der Waals surface area (Å²) in [6.07, 6.45) is 5.00. The Kier molecular flexibility index (Phi) is 3.39. The molecule has 0 aliphatic heterocycles. The van der Waals surface area contributed by atoms with E-state index in [1.54, 1.807) is 6.92 Å². The Bertz CT molecular complexity index is 556. The Labute approximate surface area is 114 Å². The molecule has 1 heterocycles. The van der Waals surface area contributed by atoms with E-state index in [2.05, 4.69) is 15.9 Å². The van der Waals surface area contributed by atoms with Crippen molar-refractivity contribution in [3.05, 3.63) is 17.5 Å². The van der Waals surface area contributed by atoms with E-state index >= 15 is 0 Å². The van der Waals surface area contributed by atoms with E-state index in [1.807, 2.05) is 4.68 Å². The predicted octanol–water partition coefficient (Wildman–Crippen LogP) is 1.58. The first-order chi connectivity index (χ1) is 9.09. The van der Waals surface area contributed by atoms with Gasteiger partial charge in [-0.2, -0.15) is 5.10 Å². The number of hydrogen-bond donors (Lipinski definition) is 1. The minimum atomic E-state index is -3.10. The van der Waals surface area contributed by atoms with Crippen LogP contribution in [0.25, 0.3) is 0 Å². The SMILES string of the molecule is CCS(=O)(=O)NCCn1nc(C2CC2)cc1C1CC1. The highest BCUT2D eigenvalue weighted by Gasteiger charge is 2.32. The number of nitrogens with zero attached hydrogens (tertiary/aromatic N) is 2. The smallest absolute Gasteiger partial charge is 0.211 e. The van der Waals surface area contributed by atoms with Gasteiger partial charge in [-0.05, 0) is 38.7 Å². The summed E-state index contributed by atoms with van der Waals surface area (Å²) in [6.45, 7) is 2.72. The molecule has 2 fully saturated rings. The van der Waals surface area contributed by atoms with Crippen molar-refractivity contribution < 1.29 is 8.42 Å². The van der Waals surface area contributed by atoms with Gasteiger partial charge in [-0.15, -0.1) is 0 Å². The first-order valence-electron chi connectivity index (χ1n) is 7.14. The molecule has 2 aliphatic carbocycles. The van der Waals surface area contributed by atoms with Crippen LogP contribution in [0.1, 0.15) is 55.8 Å². The lowest BCUT2D eigenvalue weighted by Crippen LogP contribution is -2.29. The molecular formula is C13H21N3O2S. The second-order valence-electron chi connectivity index (χ2n) is 5.56. The zero-order chi connectivity index (χ0) is 13.5. The maximum atomic E-state index is 11.4. The van der Waals surface area contributed by atoms with Crippen LogP contribution in [0, 0.1) is 0 Å². The molecule has 19 heavy (non-hydrogen) atoms. The molecule has 1 N–H and O–H groups in total.